The highest BCUT2D eigenvalue weighted by molar-refractivity contribution is 6.10. The molecule has 0 aromatic heterocycles. The summed E-state index contributed by atoms with van der Waals surface area (Å²) in [6.45, 7) is 0. The van der Waals surface area contributed by atoms with Gasteiger partial charge in [0.15, 0.2) is 5.78 Å². The molecule has 1 heterocycles. The molecule has 2 nitrogen and oxygen atoms in total. The van der Waals surface area contributed by atoms with Crippen molar-refractivity contribution in [1.82, 2.24) is 0 Å². The lowest BCUT2D eigenvalue weighted by Gasteiger charge is -2.53. The van der Waals surface area contributed by atoms with Crippen LogP contribution in [-0.4, -0.2) is 18.4 Å². The largest absolute Gasteiger partial charge is 0.363 e. The molecule has 0 bridgehead atoms. The van der Waals surface area contributed by atoms with Gasteiger partial charge in [-0.15, -0.1) is 0 Å². The maximum Gasteiger partial charge on any atom is 0.173 e. The van der Waals surface area contributed by atoms with Gasteiger partial charge in [0.1, 0.15) is 0 Å². The van der Waals surface area contributed by atoms with Gasteiger partial charge in [-0.1, -0.05) is 122 Å². The number of nitrogens with zero attached hydrogens (tertiary/aromatic N) is 1. The molecule has 0 amide bonds. The second kappa shape index (κ2) is 9.24. The molecule has 2 atom stereocenters. The molecule has 1 saturated carbocycles. The quantitative estimate of drug-likeness (QED) is 0.259. The summed E-state index contributed by atoms with van der Waals surface area (Å²) in [5.41, 5.74) is 7.34. The molecule has 0 saturated heterocycles. The predicted octanol–water partition coefficient (Wildman–Crippen LogP) is 8.37. The fraction of sp³-hybridized carbons (Fsp3) is 0.216. The maximum absolute atomic E-state index is 14.9. The molecular weight excluding hydrogens is 474 g/mol. The van der Waals surface area contributed by atoms with E-state index in [9.17, 15) is 4.79 Å². The zero-order chi connectivity index (χ0) is 26.5. The topological polar surface area (TPSA) is 20.3 Å². The number of hydrogen-bond acceptors (Lipinski definition) is 2. The number of hydrogen-bond donors (Lipinski definition) is 0. The first-order chi connectivity index (χ1) is 19.2. The van der Waals surface area contributed by atoms with Crippen molar-refractivity contribution in [2.24, 2.45) is 5.92 Å². The number of Topliss-reactive ketones (excluding diaryl/α,β-unsaturated/α-hetero) is 1. The van der Waals surface area contributed by atoms with Crippen molar-refractivity contribution < 1.29 is 4.79 Å². The van der Waals surface area contributed by atoms with E-state index >= 15 is 0 Å². The van der Waals surface area contributed by atoms with Crippen LogP contribution in [0.4, 0.5) is 5.69 Å². The Labute approximate surface area is 231 Å². The third kappa shape index (κ3) is 3.44. The standard InChI is InChI=1S/C37H33NO/c1-38-33-22-12-11-21-32(33)36(23-13-14-24-36)37(38)26-30(27-15-5-2-6-16-27)25-31(28-17-7-3-8-18-28)34(37)35(39)29-19-9-4-10-20-29/h2-12,15-22,25-26,34H,13-14,23-24H2,1H3/t34-,37-/m1/s1. The van der Waals surface area contributed by atoms with Gasteiger partial charge in [-0.3, -0.25) is 4.79 Å². The van der Waals surface area contributed by atoms with Crippen LogP contribution in [0.25, 0.3) is 11.1 Å². The Morgan fingerprint density at radius 3 is 1.95 bits per heavy atom. The minimum Gasteiger partial charge on any atom is -0.363 e. The number of ketones is 1. The van der Waals surface area contributed by atoms with Crippen molar-refractivity contribution in [1.29, 1.82) is 0 Å². The minimum absolute atomic E-state index is 0.151. The molecule has 0 radical (unpaired) electrons. The van der Waals surface area contributed by atoms with Gasteiger partial charge in [0.2, 0.25) is 0 Å². The van der Waals surface area contributed by atoms with Crippen molar-refractivity contribution in [2.75, 3.05) is 11.9 Å². The molecule has 39 heavy (non-hydrogen) atoms. The van der Waals surface area contributed by atoms with Crippen LogP contribution in [-0.2, 0) is 5.41 Å². The van der Waals surface area contributed by atoms with E-state index in [-0.39, 0.29) is 17.1 Å². The fourth-order valence-corrected chi connectivity index (χ4v) is 7.90. The average Bonchev–Trinajstić information content (AvgIpc) is 3.58. The van der Waals surface area contributed by atoms with Gasteiger partial charge >= 0.3 is 0 Å². The van der Waals surface area contributed by atoms with E-state index in [4.69, 9.17) is 0 Å². The molecule has 4 aromatic rings. The summed E-state index contributed by atoms with van der Waals surface area (Å²) in [4.78, 5) is 17.4. The number of rotatable bonds is 4. The van der Waals surface area contributed by atoms with Gasteiger partial charge in [0, 0.05) is 23.7 Å². The second-order valence-corrected chi connectivity index (χ2v) is 11.3. The van der Waals surface area contributed by atoms with Crippen molar-refractivity contribution in [3.05, 3.63) is 150 Å². The predicted molar refractivity (Wildman–Crippen MR) is 161 cm³/mol. The van der Waals surface area contributed by atoms with Crippen LogP contribution in [0.2, 0.25) is 0 Å². The van der Waals surface area contributed by atoms with Crippen molar-refractivity contribution >= 4 is 22.6 Å². The first kappa shape index (κ1) is 23.9. The number of fused-ring (bicyclic) bond motifs is 3. The van der Waals surface area contributed by atoms with Crippen molar-refractivity contribution in [3.63, 3.8) is 0 Å². The molecule has 1 aliphatic heterocycles. The lowest BCUT2D eigenvalue weighted by atomic mass is 9.55. The Morgan fingerprint density at radius 2 is 1.28 bits per heavy atom. The van der Waals surface area contributed by atoms with E-state index < -0.39 is 5.54 Å². The van der Waals surface area contributed by atoms with Crippen molar-refractivity contribution in [2.45, 2.75) is 36.6 Å². The smallest absolute Gasteiger partial charge is 0.173 e. The van der Waals surface area contributed by atoms with Crippen LogP contribution in [0, 0.1) is 5.92 Å². The third-order valence-corrected chi connectivity index (χ3v) is 9.53. The zero-order valence-corrected chi connectivity index (χ0v) is 22.4. The van der Waals surface area contributed by atoms with Gasteiger partial charge in [-0.25, -0.2) is 0 Å². The Hall–Kier alpha value is -4.17. The van der Waals surface area contributed by atoms with Crippen LogP contribution < -0.4 is 4.90 Å². The fourth-order valence-electron chi connectivity index (χ4n) is 7.90. The van der Waals surface area contributed by atoms with E-state index in [2.05, 4.69) is 109 Å². The molecule has 0 N–H and O–H groups in total. The van der Waals surface area contributed by atoms with Gasteiger partial charge in [-0.2, -0.15) is 0 Å². The monoisotopic (exact) mass is 507 g/mol. The number of anilines is 1. The highest BCUT2D eigenvalue weighted by Crippen LogP contribution is 2.65. The molecule has 2 aliphatic carbocycles. The highest BCUT2D eigenvalue weighted by atomic mass is 16.1. The van der Waals surface area contributed by atoms with Crippen LogP contribution in [0.15, 0.2) is 127 Å². The van der Waals surface area contributed by atoms with Gasteiger partial charge in [0.25, 0.3) is 0 Å². The normalized spacial score (nSPS) is 23.0. The number of carbonyl (C=O) groups is 1. The summed E-state index contributed by atoms with van der Waals surface area (Å²) < 4.78 is 0. The number of para-hydroxylation sites is 1. The zero-order valence-electron chi connectivity index (χ0n) is 22.4. The van der Waals surface area contributed by atoms with Crippen LogP contribution in [0.5, 0.6) is 0 Å². The maximum atomic E-state index is 14.9. The molecule has 4 aromatic carbocycles. The van der Waals surface area contributed by atoms with E-state index in [0.29, 0.717) is 0 Å². The molecular formula is C37H33NO. The summed E-state index contributed by atoms with van der Waals surface area (Å²) in [5, 5.41) is 0. The first-order valence-corrected chi connectivity index (χ1v) is 14.1. The molecule has 7 rings (SSSR count). The summed E-state index contributed by atoms with van der Waals surface area (Å²) in [6, 6.07) is 40.1. The highest BCUT2D eigenvalue weighted by Gasteiger charge is 2.66. The Kier molecular flexibility index (Phi) is 5.66. The SMILES string of the molecule is CN1c2ccccc2C2(CCCC2)[C@]12C=C(c1ccccc1)C=C(c1ccccc1)[C@@H]2C(=O)c1ccccc1. The first-order valence-electron chi connectivity index (χ1n) is 14.1. The minimum atomic E-state index is -0.536. The number of likely N-dealkylation sites (N-methyl/N-ethyl adjacent to an activating group) is 1. The summed E-state index contributed by atoms with van der Waals surface area (Å²) in [6.07, 6.45) is 9.28. The van der Waals surface area contributed by atoms with Gasteiger partial charge in [0.05, 0.1) is 11.5 Å². The Morgan fingerprint density at radius 1 is 0.718 bits per heavy atom. The summed E-state index contributed by atoms with van der Waals surface area (Å²) in [7, 11) is 2.23. The van der Waals surface area contributed by atoms with Crippen LogP contribution >= 0.6 is 0 Å². The Bertz CT molecular complexity index is 1580. The number of allylic oxidation sites excluding steroid dienone is 2. The van der Waals surface area contributed by atoms with Crippen LogP contribution in [0.1, 0.15) is 52.7 Å². The number of carbonyl (C=O) groups excluding carboxylic acids is 1. The second-order valence-electron chi connectivity index (χ2n) is 11.3. The van der Waals surface area contributed by atoms with E-state index in [1.54, 1.807) is 0 Å². The molecule has 0 unspecified atom stereocenters. The van der Waals surface area contributed by atoms with Crippen molar-refractivity contribution in [3.8, 4) is 0 Å². The lowest BCUT2D eigenvalue weighted by molar-refractivity contribution is 0.0874. The van der Waals surface area contributed by atoms with Crippen LogP contribution in [0.3, 0.4) is 0 Å². The molecule has 1 fully saturated rings. The van der Waals surface area contributed by atoms with E-state index in [1.807, 2.05) is 30.3 Å². The average molecular weight is 508 g/mol. The lowest BCUT2D eigenvalue weighted by Crippen LogP contribution is -2.62. The van der Waals surface area contributed by atoms with E-state index in [0.717, 1.165) is 29.5 Å². The summed E-state index contributed by atoms with van der Waals surface area (Å²) in [5.74, 6) is -0.162. The molecule has 3 aliphatic rings. The third-order valence-electron chi connectivity index (χ3n) is 9.53. The molecule has 2 spiro atoms. The Balaban J connectivity index is 1.57. The molecule has 192 valence electrons. The van der Waals surface area contributed by atoms with E-state index in [1.165, 1.54) is 35.2 Å². The summed E-state index contributed by atoms with van der Waals surface area (Å²) >= 11 is 0. The van der Waals surface area contributed by atoms with Gasteiger partial charge < -0.3 is 4.90 Å². The van der Waals surface area contributed by atoms with Gasteiger partial charge in [-0.05, 0) is 58.9 Å². The number of benzene rings is 4. The molecule has 2 heteroatoms.